The molecule has 0 aromatic heterocycles. The number of sulfone groups is 1. The van der Waals surface area contributed by atoms with Crippen molar-refractivity contribution in [1.82, 2.24) is 4.90 Å². The van der Waals surface area contributed by atoms with Gasteiger partial charge < -0.3 is 10.1 Å². The van der Waals surface area contributed by atoms with Gasteiger partial charge in [0.25, 0.3) is 0 Å². The van der Waals surface area contributed by atoms with Gasteiger partial charge in [0.15, 0.2) is 9.84 Å². The van der Waals surface area contributed by atoms with Crippen LogP contribution >= 0.6 is 0 Å². The van der Waals surface area contributed by atoms with Gasteiger partial charge in [-0.1, -0.05) is 24.3 Å². The first-order valence-electron chi connectivity index (χ1n) is 8.08. The average molecular weight is 346 g/mol. The molecule has 0 amide bonds. The first-order chi connectivity index (χ1) is 11.6. The maximum absolute atomic E-state index is 12.6. The van der Waals surface area contributed by atoms with Gasteiger partial charge in [-0.25, -0.2) is 8.42 Å². The van der Waals surface area contributed by atoms with E-state index in [4.69, 9.17) is 4.74 Å². The Morgan fingerprint density at radius 3 is 2.42 bits per heavy atom. The van der Waals surface area contributed by atoms with E-state index in [1.165, 1.54) is 0 Å². The van der Waals surface area contributed by atoms with Crippen molar-refractivity contribution in [2.75, 3.05) is 43.9 Å². The molecule has 3 rings (SSSR count). The van der Waals surface area contributed by atoms with E-state index >= 15 is 0 Å². The fourth-order valence-corrected chi connectivity index (χ4v) is 3.97. The normalized spacial score (nSPS) is 16.0. The number of para-hydroxylation sites is 1. The first kappa shape index (κ1) is 17.0. The summed E-state index contributed by atoms with van der Waals surface area (Å²) in [5.74, 6) is 0.127. The van der Waals surface area contributed by atoms with Crippen LogP contribution in [0.2, 0.25) is 0 Å². The zero-order chi connectivity index (χ0) is 16.8. The number of anilines is 2. The van der Waals surface area contributed by atoms with Crippen molar-refractivity contribution in [2.24, 2.45) is 0 Å². The number of hydrogen-bond acceptors (Lipinski definition) is 5. The highest BCUT2D eigenvalue weighted by Crippen LogP contribution is 2.20. The van der Waals surface area contributed by atoms with E-state index in [0.717, 1.165) is 24.5 Å². The van der Waals surface area contributed by atoms with Gasteiger partial charge in [0.05, 0.1) is 23.9 Å². The Morgan fingerprint density at radius 1 is 0.958 bits per heavy atom. The molecule has 0 bridgehead atoms. The van der Waals surface area contributed by atoms with E-state index in [1.54, 1.807) is 18.2 Å². The molecule has 1 aliphatic rings. The van der Waals surface area contributed by atoms with Gasteiger partial charge >= 0.3 is 0 Å². The molecule has 1 fully saturated rings. The van der Waals surface area contributed by atoms with Crippen molar-refractivity contribution in [3.05, 3.63) is 54.6 Å². The van der Waals surface area contributed by atoms with Crippen molar-refractivity contribution in [2.45, 2.75) is 4.90 Å². The van der Waals surface area contributed by atoms with E-state index < -0.39 is 9.84 Å². The Labute approximate surface area is 143 Å². The van der Waals surface area contributed by atoms with Crippen LogP contribution in [0.1, 0.15) is 0 Å². The smallest absolute Gasteiger partial charge is 0.179 e. The second-order valence-electron chi connectivity index (χ2n) is 5.79. The Kier molecular flexibility index (Phi) is 5.50. The molecule has 0 radical (unpaired) electrons. The third kappa shape index (κ3) is 4.56. The van der Waals surface area contributed by atoms with E-state index in [0.29, 0.717) is 24.7 Å². The highest BCUT2D eigenvalue weighted by molar-refractivity contribution is 7.91. The molecule has 1 heterocycles. The summed E-state index contributed by atoms with van der Waals surface area (Å²) in [6.45, 7) is 3.49. The zero-order valence-electron chi connectivity index (χ0n) is 13.5. The summed E-state index contributed by atoms with van der Waals surface area (Å²) in [5, 5.41) is 3.23. The van der Waals surface area contributed by atoms with Gasteiger partial charge in [-0.05, 0) is 30.3 Å². The Bertz CT molecular complexity index is 757. The number of benzene rings is 2. The molecular formula is C18H22N2O3S. The molecule has 2 aromatic carbocycles. The molecule has 24 heavy (non-hydrogen) atoms. The Balaban J connectivity index is 1.67. The van der Waals surface area contributed by atoms with Gasteiger partial charge in [0.1, 0.15) is 0 Å². The number of morpholine rings is 1. The SMILES string of the molecule is O=S(=O)(CCN1CCOCC1)c1cccc(Nc2ccccc2)c1. The second kappa shape index (κ2) is 7.79. The number of nitrogens with zero attached hydrogens (tertiary/aromatic N) is 1. The number of nitrogens with one attached hydrogen (secondary N) is 1. The summed E-state index contributed by atoms with van der Waals surface area (Å²) in [6, 6.07) is 16.7. The molecule has 5 nitrogen and oxygen atoms in total. The van der Waals surface area contributed by atoms with Crippen LogP contribution in [-0.2, 0) is 14.6 Å². The standard InChI is InChI=1S/C18H22N2O3S/c21-24(22,14-11-20-9-12-23-13-10-20)18-8-4-7-17(15-18)19-16-5-2-1-3-6-16/h1-8,15,19H,9-14H2. The third-order valence-electron chi connectivity index (χ3n) is 4.04. The number of hydrogen-bond donors (Lipinski definition) is 1. The summed E-state index contributed by atoms with van der Waals surface area (Å²) < 4.78 is 30.5. The minimum atomic E-state index is -3.30. The number of rotatable bonds is 6. The van der Waals surface area contributed by atoms with Gasteiger partial charge in [-0.3, -0.25) is 4.90 Å². The van der Waals surface area contributed by atoms with Crippen LogP contribution in [0.25, 0.3) is 0 Å². The number of ether oxygens (including phenoxy) is 1. The van der Waals surface area contributed by atoms with Crippen molar-refractivity contribution >= 4 is 21.2 Å². The zero-order valence-corrected chi connectivity index (χ0v) is 14.3. The van der Waals surface area contributed by atoms with Crippen LogP contribution in [0.3, 0.4) is 0 Å². The van der Waals surface area contributed by atoms with Gasteiger partial charge in [-0.2, -0.15) is 0 Å². The van der Waals surface area contributed by atoms with Crippen molar-refractivity contribution in [1.29, 1.82) is 0 Å². The average Bonchev–Trinajstić information content (AvgIpc) is 2.62. The highest BCUT2D eigenvalue weighted by Gasteiger charge is 2.18. The molecule has 1 aliphatic heterocycles. The molecule has 128 valence electrons. The van der Waals surface area contributed by atoms with Crippen LogP contribution in [0, 0.1) is 0 Å². The van der Waals surface area contributed by atoms with E-state index in [1.807, 2.05) is 36.4 Å². The van der Waals surface area contributed by atoms with Crippen LogP contribution in [0.15, 0.2) is 59.5 Å². The van der Waals surface area contributed by atoms with E-state index in [2.05, 4.69) is 10.2 Å². The van der Waals surface area contributed by atoms with Crippen LogP contribution < -0.4 is 5.32 Å². The molecule has 0 atom stereocenters. The van der Waals surface area contributed by atoms with Crippen molar-refractivity contribution in [3.8, 4) is 0 Å². The third-order valence-corrected chi connectivity index (χ3v) is 5.73. The maximum Gasteiger partial charge on any atom is 0.179 e. The first-order valence-corrected chi connectivity index (χ1v) is 9.74. The van der Waals surface area contributed by atoms with Crippen molar-refractivity contribution < 1.29 is 13.2 Å². The Hall–Kier alpha value is -1.89. The topological polar surface area (TPSA) is 58.6 Å². The molecule has 0 spiro atoms. The van der Waals surface area contributed by atoms with E-state index in [-0.39, 0.29) is 5.75 Å². The summed E-state index contributed by atoms with van der Waals surface area (Å²) in [6.07, 6.45) is 0. The molecule has 1 N–H and O–H groups in total. The Morgan fingerprint density at radius 2 is 1.67 bits per heavy atom. The van der Waals surface area contributed by atoms with Crippen LogP contribution in [-0.4, -0.2) is 51.9 Å². The second-order valence-corrected chi connectivity index (χ2v) is 7.90. The predicted molar refractivity (Wildman–Crippen MR) is 95.5 cm³/mol. The van der Waals surface area contributed by atoms with Crippen LogP contribution in [0.5, 0.6) is 0 Å². The molecule has 0 unspecified atom stereocenters. The fourth-order valence-electron chi connectivity index (χ4n) is 2.65. The largest absolute Gasteiger partial charge is 0.379 e. The quantitative estimate of drug-likeness (QED) is 0.871. The predicted octanol–water partition coefficient (Wildman–Crippen LogP) is 2.54. The summed E-state index contributed by atoms with van der Waals surface area (Å²) in [7, 11) is -3.30. The van der Waals surface area contributed by atoms with Gasteiger partial charge in [0.2, 0.25) is 0 Å². The lowest BCUT2D eigenvalue weighted by molar-refractivity contribution is 0.0408. The minimum Gasteiger partial charge on any atom is -0.379 e. The molecule has 2 aromatic rings. The maximum atomic E-state index is 12.6. The molecule has 6 heteroatoms. The summed E-state index contributed by atoms with van der Waals surface area (Å²) in [4.78, 5) is 2.49. The molecule has 0 aliphatic carbocycles. The lowest BCUT2D eigenvalue weighted by Gasteiger charge is -2.26. The summed E-state index contributed by atoms with van der Waals surface area (Å²) in [5.41, 5.74) is 1.70. The van der Waals surface area contributed by atoms with Crippen LogP contribution in [0.4, 0.5) is 11.4 Å². The van der Waals surface area contributed by atoms with Gasteiger partial charge in [-0.15, -0.1) is 0 Å². The van der Waals surface area contributed by atoms with E-state index in [9.17, 15) is 8.42 Å². The molecule has 0 saturated carbocycles. The molecule has 1 saturated heterocycles. The minimum absolute atomic E-state index is 0.127. The van der Waals surface area contributed by atoms with Gasteiger partial charge in [0, 0.05) is 31.0 Å². The van der Waals surface area contributed by atoms with Crippen molar-refractivity contribution in [3.63, 3.8) is 0 Å². The molecular weight excluding hydrogens is 324 g/mol. The fraction of sp³-hybridized carbons (Fsp3) is 0.333. The lowest BCUT2D eigenvalue weighted by Crippen LogP contribution is -2.39. The lowest BCUT2D eigenvalue weighted by atomic mass is 10.3. The monoisotopic (exact) mass is 346 g/mol. The summed E-state index contributed by atoms with van der Waals surface area (Å²) >= 11 is 0. The highest BCUT2D eigenvalue weighted by atomic mass is 32.2.